The minimum absolute atomic E-state index is 0.314. The fourth-order valence-corrected chi connectivity index (χ4v) is 2.80. The molecule has 0 aliphatic heterocycles. The van der Waals surface area contributed by atoms with E-state index in [1.54, 1.807) is 30.5 Å². The molecule has 6 heteroatoms. The van der Waals surface area contributed by atoms with Gasteiger partial charge in [0, 0.05) is 10.6 Å². The number of nitrogens with one attached hydrogen (secondary N) is 1. The molecule has 0 radical (unpaired) electrons. The van der Waals surface area contributed by atoms with Crippen LogP contribution in [0.15, 0.2) is 71.8 Å². The van der Waals surface area contributed by atoms with Crippen LogP contribution < -0.4 is 14.9 Å². The number of nitrogens with zero attached hydrogens (tertiary/aromatic N) is 1. The summed E-state index contributed by atoms with van der Waals surface area (Å²) in [4.78, 5) is 12.1. The molecular weight excluding hydrogens is 400 g/mol. The minimum atomic E-state index is -0.314. The van der Waals surface area contributed by atoms with Crippen molar-refractivity contribution in [2.24, 2.45) is 5.10 Å². The van der Waals surface area contributed by atoms with Crippen molar-refractivity contribution in [3.8, 4) is 11.5 Å². The highest BCUT2D eigenvalue weighted by atomic mass is 35.5. The Hall–Kier alpha value is -3.31. The molecule has 0 atom stereocenters. The highest BCUT2D eigenvalue weighted by Gasteiger charge is 2.07. The first kappa shape index (κ1) is 21.4. The van der Waals surface area contributed by atoms with Crippen LogP contribution in [0.3, 0.4) is 0 Å². The van der Waals surface area contributed by atoms with Gasteiger partial charge in [-0.05, 0) is 67.4 Å². The van der Waals surface area contributed by atoms with Gasteiger partial charge in [-0.1, -0.05) is 41.4 Å². The number of carbonyl (C=O) groups is 1. The van der Waals surface area contributed by atoms with E-state index in [1.807, 2.05) is 37.3 Å². The van der Waals surface area contributed by atoms with Crippen LogP contribution in [-0.2, 0) is 6.61 Å². The summed E-state index contributed by atoms with van der Waals surface area (Å²) in [6, 6.07) is 20.3. The molecule has 0 aliphatic carbocycles. The Bertz CT molecular complexity index is 1020. The van der Waals surface area contributed by atoms with Crippen molar-refractivity contribution in [3.63, 3.8) is 0 Å². The van der Waals surface area contributed by atoms with E-state index in [0.29, 0.717) is 35.3 Å². The summed E-state index contributed by atoms with van der Waals surface area (Å²) in [6.45, 7) is 4.92. The predicted molar refractivity (Wildman–Crippen MR) is 120 cm³/mol. The van der Waals surface area contributed by atoms with Crippen LogP contribution in [0, 0.1) is 6.92 Å². The summed E-state index contributed by atoms with van der Waals surface area (Å²) < 4.78 is 11.6. The number of ether oxygens (including phenoxy) is 2. The standard InChI is InChI=1S/C24H23ClN2O3/c1-3-29-23-14-19(15-26-27-24(28)20-9-11-21(25)12-10-20)8-13-22(23)30-16-18-6-4-17(2)5-7-18/h4-15H,3,16H2,1-2H3,(H,27,28)/b26-15+. The summed E-state index contributed by atoms with van der Waals surface area (Å²) in [5, 5.41) is 4.59. The molecule has 0 saturated carbocycles. The van der Waals surface area contributed by atoms with E-state index in [4.69, 9.17) is 21.1 Å². The lowest BCUT2D eigenvalue weighted by Gasteiger charge is -2.12. The monoisotopic (exact) mass is 422 g/mol. The molecule has 0 aliphatic rings. The molecule has 154 valence electrons. The Morgan fingerprint density at radius 2 is 1.73 bits per heavy atom. The van der Waals surface area contributed by atoms with Gasteiger partial charge in [-0.3, -0.25) is 4.79 Å². The average molecular weight is 423 g/mol. The van der Waals surface area contributed by atoms with E-state index in [9.17, 15) is 4.79 Å². The number of rotatable bonds is 8. The first-order valence-electron chi connectivity index (χ1n) is 9.59. The number of aryl methyl sites for hydroxylation is 1. The van der Waals surface area contributed by atoms with Gasteiger partial charge in [0.15, 0.2) is 11.5 Å². The minimum Gasteiger partial charge on any atom is -0.490 e. The second kappa shape index (κ2) is 10.5. The van der Waals surface area contributed by atoms with Crippen LogP contribution >= 0.6 is 11.6 Å². The van der Waals surface area contributed by atoms with Crippen LogP contribution in [0.2, 0.25) is 5.02 Å². The zero-order valence-electron chi connectivity index (χ0n) is 16.9. The number of benzene rings is 3. The maximum atomic E-state index is 12.1. The number of hydrogen-bond acceptors (Lipinski definition) is 4. The average Bonchev–Trinajstić information content (AvgIpc) is 2.75. The van der Waals surface area contributed by atoms with Crippen molar-refractivity contribution in [1.29, 1.82) is 0 Å². The van der Waals surface area contributed by atoms with E-state index >= 15 is 0 Å². The van der Waals surface area contributed by atoms with Gasteiger partial charge >= 0.3 is 0 Å². The second-order valence-corrected chi connectivity index (χ2v) is 7.06. The number of halogens is 1. The van der Waals surface area contributed by atoms with Gasteiger partial charge in [0.25, 0.3) is 5.91 Å². The Kier molecular flexibility index (Phi) is 7.46. The van der Waals surface area contributed by atoms with E-state index in [1.165, 1.54) is 5.56 Å². The zero-order valence-corrected chi connectivity index (χ0v) is 17.6. The van der Waals surface area contributed by atoms with Crippen LogP contribution in [0.4, 0.5) is 0 Å². The third-order valence-corrected chi connectivity index (χ3v) is 4.52. The van der Waals surface area contributed by atoms with E-state index < -0.39 is 0 Å². The molecule has 5 nitrogen and oxygen atoms in total. The van der Waals surface area contributed by atoms with Gasteiger partial charge in [-0.25, -0.2) is 5.43 Å². The Morgan fingerprint density at radius 3 is 2.43 bits per heavy atom. The van der Waals surface area contributed by atoms with E-state index in [-0.39, 0.29) is 5.91 Å². The molecule has 0 aromatic heterocycles. The van der Waals surface area contributed by atoms with Gasteiger partial charge in [-0.2, -0.15) is 5.10 Å². The number of hydrogen-bond donors (Lipinski definition) is 1. The van der Waals surface area contributed by atoms with Gasteiger partial charge in [-0.15, -0.1) is 0 Å². The molecule has 3 rings (SSSR count). The van der Waals surface area contributed by atoms with E-state index in [2.05, 4.69) is 29.6 Å². The van der Waals surface area contributed by atoms with Gasteiger partial charge in [0.1, 0.15) is 6.61 Å². The van der Waals surface area contributed by atoms with Gasteiger partial charge in [0.2, 0.25) is 0 Å². The molecule has 0 heterocycles. The lowest BCUT2D eigenvalue weighted by atomic mass is 10.2. The Morgan fingerprint density at radius 1 is 1.00 bits per heavy atom. The third-order valence-electron chi connectivity index (χ3n) is 4.27. The fourth-order valence-electron chi connectivity index (χ4n) is 2.67. The molecular formula is C24H23ClN2O3. The lowest BCUT2D eigenvalue weighted by Crippen LogP contribution is -2.17. The van der Waals surface area contributed by atoms with Crippen molar-refractivity contribution >= 4 is 23.7 Å². The molecule has 30 heavy (non-hydrogen) atoms. The fraction of sp³-hybridized carbons (Fsp3) is 0.167. The van der Waals surface area contributed by atoms with E-state index in [0.717, 1.165) is 11.1 Å². The first-order chi connectivity index (χ1) is 14.5. The van der Waals surface area contributed by atoms with Gasteiger partial charge < -0.3 is 9.47 Å². The summed E-state index contributed by atoms with van der Waals surface area (Å²) in [5.41, 5.74) is 6.04. The molecule has 1 N–H and O–H groups in total. The molecule has 0 fully saturated rings. The van der Waals surface area contributed by atoms with Crippen LogP contribution in [0.1, 0.15) is 34.0 Å². The summed E-state index contributed by atoms with van der Waals surface area (Å²) in [5.74, 6) is 0.961. The smallest absolute Gasteiger partial charge is 0.271 e. The SMILES string of the molecule is CCOc1cc(/C=N/NC(=O)c2ccc(Cl)cc2)ccc1OCc1ccc(C)cc1. The molecule has 0 bridgehead atoms. The number of hydrazone groups is 1. The van der Waals surface area contributed by atoms with Crippen molar-refractivity contribution in [2.45, 2.75) is 20.5 Å². The number of amides is 1. The normalized spacial score (nSPS) is 10.8. The highest BCUT2D eigenvalue weighted by molar-refractivity contribution is 6.30. The van der Waals surface area contributed by atoms with Crippen LogP contribution in [0.5, 0.6) is 11.5 Å². The van der Waals surface area contributed by atoms with Crippen LogP contribution in [0.25, 0.3) is 0 Å². The molecule has 3 aromatic rings. The molecule has 1 amide bonds. The van der Waals surface area contributed by atoms with Crippen molar-refractivity contribution in [2.75, 3.05) is 6.61 Å². The lowest BCUT2D eigenvalue weighted by molar-refractivity contribution is 0.0955. The molecule has 0 unspecified atom stereocenters. The summed E-state index contributed by atoms with van der Waals surface area (Å²) >= 11 is 5.83. The maximum Gasteiger partial charge on any atom is 0.271 e. The second-order valence-electron chi connectivity index (χ2n) is 6.62. The zero-order chi connectivity index (χ0) is 21.3. The molecule has 0 saturated heterocycles. The summed E-state index contributed by atoms with van der Waals surface area (Å²) in [6.07, 6.45) is 1.56. The highest BCUT2D eigenvalue weighted by Crippen LogP contribution is 2.29. The summed E-state index contributed by atoms with van der Waals surface area (Å²) in [7, 11) is 0. The van der Waals surface area contributed by atoms with Crippen molar-refractivity contribution in [3.05, 3.63) is 94.0 Å². The van der Waals surface area contributed by atoms with Crippen LogP contribution in [-0.4, -0.2) is 18.7 Å². The van der Waals surface area contributed by atoms with Crippen molar-refractivity contribution < 1.29 is 14.3 Å². The quantitative estimate of drug-likeness (QED) is 0.391. The topological polar surface area (TPSA) is 59.9 Å². The predicted octanol–water partition coefficient (Wildman–Crippen LogP) is 5.39. The first-order valence-corrected chi connectivity index (χ1v) is 9.97. The molecule has 0 spiro atoms. The molecule has 3 aromatic carbocycles. The Balaban J connectivity index is 1.64. The van der Waals surface area contributed by atoms with Crippen molar-refractivity contribution in [1.82, 2.24) is 5.43 Å². The van der Waals surface area contributed by atoms with Gasteiger partial charge in [0.05, 0.1) is 12.8 Å². The number of carbonyl (C=O) groups excluding carboxylic acids is 1. The third kappa shape index (κ3) is 6.09. The largest absolute Gasteiger partial charge is 0.490 e. The maximum absolute atomic E-state index is 12.1. The Labute approximate surface area is 181 Å².